The predicted molar refractivity (Wildman–Crippen MR) is 232 cm³/mol. The number of hydrogen-bond donors (Lipinski definition) is 4. The molecule has 0 bridgehead atoms. The summed E-state index contributed by atoms with van der Waals surface area (Å²) in [5.41, 5.74) is 3.46. The van der Waals surface area contributed by atoms with E-state index in [0.29, 0.717) is 71.1 Å². The van der Waals surface area contributed by atoms with E-state index in [0.717, 1.165) is 55.6 Å². The number of imide groups is 1. The normalized spacial score (nSPS) is 19.2. The van der Waals surface area contributed by atoms with E-state index in [-0.39, 0.29) is 54.3 Å². The van der Waals surface area contributed by atoms with Crippen LogP contribution in [0.15, 0.2) is 47.5 Å². The molecule has 3 fully saturated rings. The number of aryl methyl sites for hydroxylation is 1. The number of nitrogens with one attached hydrogen (secondary N) is 3. The number of pyridine rings is 2. The van der Waals surface area contributed by atoms with Crippen LogP contribution in [-0.4, -0.2) is 123 Å². The summed E-state index contributed by atoms with van der Waals surface area (Å²) in [5, 5.41) is 25.3. The van der Waals surface area contributed by atoms with Crippen LogP contribution in [-0.2, 0) is 21.4 Å². The number of aliphatic hydroxyl groups excluding tert-OH is 1. The number of nitrogens with zero attached hydrogens (tertiary/aromatic N) is 9. The lowest BCUT2D eigenvalue weighted by molar-refractivity contribution is -0.134. The van der Waals surface area contributed by atoms with Gasteiger partial charge in [-0.3, -0.25) is 38.6 Å². The van der Waals surface area contributed by atoms with Gasteiger partial charge in [0.05, 0.1) is 47.9 Å². The minimum atomic E-state index is -0.435. The number of aliphatic hydroxyl groups is 1. The smallest absolute Gasteiger partial charge is 0.294 e. The standard InChI is InChI=1S/C42H51ClN12O6/c1-24(2)55-39-26(16-34(41(55)60)61-23-36(58)44-3)15-27(18-45-39)47-38-32(43)19-46-42(49-38)54-14-13-53(29(21-54)22-56)20-25-9-11-52(12-10-25)28-5-6-30-33(17-28)51(4)50-37(30)31-7-8-35(57)48-40(31)59/h5-6,15-19,24-25,29,31,56H,7-14,20-23H2,1-4H3,(H,44,58)(H,46,47,49)(H,48,57,59)/t29-,31?/m0/s1. The summed E-state index contributed by atoms with van der Waals surface area (Å²) in [6, 6.07) is 9.38. The number of carbonyl (C=O) groups is 3. The number of halogens is 1. The van der Waals surface area contributed by atoms with Gasteiger partial charge >= 0.3 is 0 Å². The number of piperazine rings is 1. The van der Waals surface area contributed by atoms with E-state index in [4.69, 9.17) is 26.4 Å². The molecule has 1 aromatic carbocycles. The molecule has 5 aromatic rings. The van der Waals surface area contributed by atoms with E-state index < -0.39 is 5.92 Å². The Morgan fingerprint density at radius 1 is 1.03 bits per heavy atom. The van der Waals surface area contributed by atoms with Gasteiger partial charge in [-0.05, 0) is 69.4 Å². The third-order valence-electron chi connectivity index (χ3n) is 12.0. The Morgan fingerprint density at radius 2 is 1.84 bits per heavy atom. The lowest BCUT2D eigenvalue weighted by Crippen LogP contribution is -2.56. The molecule has 322 valence electrons. The number of aromatic nitrogens is 6. The summed E-state index contributed by atoms with van der Waals surface area (Å²) < 4.78 is 8.95. The number of fused-ring (bicyclic) bond motifs is 2. The Morgan fingerprint density at radius 3 is 2.57 bits per heavy atom. The number of anilines is 4. The fourth-order valence-electron chi connectivity index (χ4n) is 8.68. The Kier molecular flexibility index (Phi) is 12.1. The predicted octanol–water partition coefficient (Wildman–Crippen LogP) is 3.10. The zero-order chi connectivity index (χ0) is 42.9. The summed E-state index contributed by atoms with van der Waals surface area (Å²) in [6.45, 7) is 8.11. The number of carbonyl (C=O) groups excluding carboxylic acids is 3. The first-order chi connectivity index (χ1) is 29.4. The molecular formula is C42H51ClN12O6. The van der Waals surface area contributed by atoms with Crippen LogP contribution in [0.1, 0.15) is 57.2 Å². The van der Waals surface area contributed by atoms with Crippen LogP contribution in [0.5, 0.6) is 5.75 Å². The van der Waals surface area contributed by atoms with Crippen molar-refractivity contribution in [2.45, 2.75) is 57.5 Å². The Labute approximate surface area is 357 Å². The summed E-state index contributed by atoms with van der Waals surface area (Å²) in [6.07, 6.45) is 5.97. The van der Waals surface area contributed by atoms with Gasteiger partial charge in [0.2, 0.25) is 17.8 Å². The maximum Gasteiger partial charge on any atom is 0.294 e. The van der Waals surface area contributed by atoms with Gasteiger partial charge in [-0.1, -0.05) is 11.6 Å². The second kappa shape index (κ2) is 17.6. The SMILES string of the molecule is CNC(=O)COc1cc2cc(Nc3nc(N4CCN(CC5CCN(c6ccc7c(C8CCC(=O)NC8=O)nn(C)c7c6)CC5)[C@H](CO)C4)ncc3Cl)cnc2n(C(C)C)c1=O. The van der Waals surface area contributed by atoms with Crippen LogP contribution < -0.4 is 36.0 Å². The van der Waals surface area contributed by atoms with Gasteiger partial charge in [0.1, 0.15) is 10.7 Å². The summed E-state index contributed by atoms with van der Waals surface area (Å²) >= 11 is 6.60. The highest BCUT2D eigenvalue weighted by Crippen LogP contribution is 2.34. The molecule has 0 radical (unpaired) electrons. The highest BCUT2D eigenvalue weighted by molar-refractivity contribution is 6.33. The van der Waals surface area contributed by atoms with Crippen molar-refractivity contribution in [2.75, 3.05) is 74.6 Å². The van der Waals surface area contributed by atoms with Crippen molar-refractivity contribution in [1.82, 2.24) is 44.8 Å². The molecule has 0 saturated carbocycles. The molecule has 7 heterocycles. The first-order valence-electron chi connectivity index (χ1n) is 20.7. The van der Waals surface area contributed by atoms with Gasteiger partial charge in [0.15, 0.2) is 18.2 Å². The van der Waals surface area contributed by atoms with E-state index in [1.54, 1.807) is 18.5 Å². The van der Waals surface area contributed by atoms with Crippen molar-refractivity contribution < 1.29 is 24.2 Å². The Balaban J connectivity index is 0.893. The molecule has 3 saturated heterocycles. The van der Waals surface area contributed by atoms with E-state index in [1.165, 1.54) is 11.6 Å². The van der Waals surface area contributed by atoms with Crippen molar-refractivity contribution in [3.63, 3.8) is 0 Å². The zero-order valence-corrected chi connectivity index (χ0v) is 35.5. The number of hydrogen-bond acceptors (Lipinski definition) is 14. The average molecular weight is 855 g/mol. The van der Waals surface area contributed by atoms with E-state index in [9.17, 15) is 24.3 Å². The van der Waals surface area contributed by atoms with Crippen LogP contribution in [0.3, 0.4) is 0 Å². The van der Waals surface area contributed by atoms with E-state index in [2.05, 4.69) is 58.8 Å². The Bertz CT molecular complexity index is 2540. The molecule has 3 aliphatic rings. The topological polar surface area (TPSA) is 205 Å². The van der Waals surface area contributed by atoms with Crippen LogP contribution in [0.4, 0.5) is 23.1 Å². The van der Waals surface area contributed by atoms with E-state index >= 15 is 0 Å². The van der Waals surface area contributed by atoms with Gasteiger partial charge in [-0.2, -0.15) is 10.1 Å². The van der Waals surface area contributed by atoms with Crippen molar-refractivity contribution in [1.29, 1.82) is 0 Å². The zero-order valence-electron chi connectivity index (χ0n) is 34.7. The lowest BCUT2D eigenvalue weighted by atomic mass is 9.92. The number of amides is 3. The molecule has 18 nitrogen and oxygen atoms in total. The molecule has 2 atom stereocenters. The second-order valence-electron chi connectivity index (χ2n) is 16.3. The van der Waals surface area contributed by atoms with Crippen molar-refractivity contribution in [2.24, 2.45) is 13.0 Å². The molecule has 3 aliphatic heterocycles. The molecule has 4 aromatic heterocycles. The molecule has 61 heavy (non-hydrogen) atoms. The molecule has 8 rings (SSSR count). The maximum atomic E-state index is 13.2. The van der Waals surface area contributed by atoms with Gasteiger partial charge in [-0.25, -0.2) is 9.97 Å². The van der Waals surface area contributed by atoms with Gasteiger partial charge in [0.25, 0.3) is 11.5 Å². The van der Waals surface area contributed by atoms with Crippen LogP contribution >= 0.6 is 11.6 Å². The molecular weight excluding hydrogens is 804 g/mol. The highest BCUT2D eigenvalue weighted by atomic mass is 35.5. The summed E-state index contributed by atoms with van der Waals surface area (Å²) in [5.74, 6) is 0.0741. The molecule has 0 aliphatic carbocycles. The third kappa shape index (κ3) is 8.69. The van der Waals surface area contributed by atoms with E-state index in [1.807, 2.05) is 31.6 Å². The summed E-state index contributed by atoms with van der Waals surface area (Å²) in [7, 11) is 3.39. The van der Waals surface area contributed by atoms with Gasteiger partial charge < -0.3 is 30.3 Å². The number of rotatable bonds is 12. The number of benzene rings is 1. The second-order valence-corrected chi connectivity index (χ2v) is 16.7. The Hall–Kier alpha value is -5.85. The number of likely N-dealkylation sites (N-methyl/N-ethyl adjacent to an activating group) is 1. The average Bonchev–Trinajstić information content (AvgIpc) is 3.58. The monoisotopic (exact) mass is 854 g/mol. The van der Waals surface area contributed by atoms with Crippen molar-refractivity contribution in [3.05, 3.63) is 63.8 Å². The van der Waals surface area contributed by atoms with Crippen molar-refractivity contribution in [3.8, 4) is 5.75 Å². The fourth-order valence-corrected chi connectivity index (χ4v) is 8.81. The minimum Gasteiger partial charge on any atom is -0.478 e. The third-order valence-corrected chi connectivity index (χ3v) is 12.3. The van der Waals surface area contributed by atoms with Crippen LogP contribution in [0, 0.1) is 5.92 Å². The first kappa shape index (κ1) is 41.9. The van der Waals surface area contributed by atoms with Gasteiger partial charge in [-0.15, -0.1) is 0 Å². The molecule has 1 unspecified atom stereocenters. The quantitative estimate of drug-likeness (QED) is 0.133. The molecule has 0 spiro atoms. The largest absolute Gasteiger partial charge is 0.478 e. The minimum absolute atomic E-state index is 0.00139. The first-order valence-corrected chi connectivity index (χ1v) is 21.1. The van der Waals surface area contributed by atoms with Gasteiger partial charge in [0, 0.05) is 82.3 Å². The fraction of sp³-hybridized carbons (Fsp3) is 0.476. The molecule has 19 heteroatoms. The highest BCUT2D eigenvalue weighted by Gasteiger charge is 2.33. The maximum absolute atomic E-state index is 13.2. The van der Waals surface area contributed by atoms with Crippen LogP contribution in [0.2, 0.25) is 5.02 Å². The van der Waals surface area contributed by atoms with Crippen molar-refractivity contribution >= 4 is 74.4 Å². The molecule has 4 N–H and O–H groups in total. The number of piperidine rings is 2. The number of ether oxygens (including phenoxy) is 1. The lowest BCUT2D eigenvalue weighted by Gasteiger charge is -2.43. The molecule has 3 amide bonds. The summed E-state index contributed by atoms with van der Waals surface area (Å²) in [4.78, 5) is 70.2. The van der Waals surface area contributed by atoms with Crippen LogP contribution in [0.25, 0.3) is 21.9 Å².